The standard InChI is InChI=1S/C34H58N2O26/c1-8(41)35-15-22(48)27(13(6-40)55-30(15)53)60-33-26(52)28(61-32-25(51)23(49)18(44)11(4-38)57-32)20(46)14(59-33)7-54-34-29(24(50)19(45)12(5-39)58-34)62-31-16(36-9(2)42)21(47)17(43)10(3-37)56-31/h10-34,37-40,43-53H,3-7H2,1-2H3,(H,35,41)(H,36,42)/t10-,11-,12-,13-,14-,15-,16-,17-,18-,19-,20-,21-,22-,23+,24+,25+,26+,27-,28+,29+,30+,31+,32-,33+,34+/m1/s1. The lowest BCUT2D eigenvalue weighted by molar-refractivity contribution is -0.384. The molecule has 28 nitrogen and oxygen atoms in total. The summed E-state index contributed by atoms with van der Waals surface area (Å²) in [6.45, 7) is -2.38. The predicted molar refractivity (Wildman–Crippen MR) is 190 cm³/mol. The number of hydrogen-bond acceptors (Lipinski definition) is 26. The van der Waals surface area contributed by atoms with Crippen molar-refractivity contribution in [3.05, 3.63) is 0 Å². The van der Waals surface area contributed by atoms with Gasteiger partial charge in [-0.2, -0.15) is 0 Å². The fraction of sp³-hybridized carbons (Fsp3) is 0.941. The van der Waals surface area contributed by atoms with Crippen molar-refractivity contribution in [3.63, 3.8) is 0 Å². The molecule has 360 valence electrons. The first kappa shape index (κ1) is 51.0. The van der Waals surface area contributed by atoms with Crippen molar-refractivity contribution >= 4 is 11.8 Å². The highest BCUT2D eigenvalue weighted by Gasteiger charge is 2.56. The van der Waals surface area contributed by atoms with E-state index in [1.165, 1.54) is 0 Å². The molecule has 62 heavy (non-hydrogen) atoms. The normalized spacial score (nSPS) is 49.0. The maximum Gasteiger partial charge on any atom is 0.217 e. The van der Waals surface area contributed by atoms with Gasteiger partial charge in [-0.3, -0.25) is 9.59 Å². The molecule has 0 unspecified atom stereocenters. The second-order valence-corrected chi connectivity index (χ2v) is 15.5. The summed E-state index contributed by atoms with van der Waals surface area (Å²) >= 11 is 0. The minimum Gasteiger partial charge on any atom is -0.394 e. The van der Waals surface area contributed by atoms with E-state index in [0.717, 1.165) is 13.8 Å². The molecule has 5 aliphatic heterocycles. The van der Waals surface area contributed by atoms with E-state index in [9.17, 15) is 86.2 Å². The topological polar surface area (TPSA) is 445 Å². The smallest absolute Gasteiger partial charge is 0.217 e. The zero-order chi connectivity index (χ0) is 45.9. The molecule has 5 aliphatic rings. The van der Waals surface area contributed by atoms with E-state index >= 15 is 0 Å². The average Bonchev–Trinajstić information content (AvgIpc) is 3.23. The second kappa shape index (κ2) is 22.0. The minimum atomic E-state index is -2.17. The van der Waals surface area contributed by atoms with Gasteiger partial charge in [0.25, 0.3) is 0 Å². The summed E-state index contributed by atoms with van der Waals surface area (Å²) < 4.78 is 51.1. The van der Waals surface area contributed by atoms with Gasteiger partial charge in [-0.25, -0.2) is 0 Å². The van der Waals surface area contributed by atoms with Crippen LogP contribution in [0.4, 0.5) is 0 Å². The van der Waals surface area contributed by atoms with Gasteiger partial charge in [0.1, 0.15) is 122 Å². The number of aliphatic hydroxyl groups is 15. The Morgan fingerprint density at radius 1 is 0.419 bits per heavy atom. The van der Waals surface area contributed by atoms with Crippen LogP contribution in [0, 0.1) is 0 Å². The highest BCUT2D eigenvalue weighted by atomic mass is 16.8. The third kappa shape index (κ3) is 11.0. The number of nitrogens with one attached hydrogen (secondary N) is 2. The first-order chi connectivity index (χ1) is 29.3. The summed E-state index contributed by atoms with van der Waals surface area (Å²) in [6, 6.07) is -3.13. The SMILES string of the molecule is CC(=O)N[C@@H]1[C@@H](O)[C@H](O[C@@H]2O[C@H](CO[C@H]3O[C@H](CO)[C@@H](O)[C@H](O)[C@@H]3O[C@@H]3O[C@H](CO)[C@@H](O)[C@H](O)[C@H]3NC(C)=O)[C@@H](O)[C@H](O[C@H]3O[C@H](CO)[C@@H](O)[C@H](O)[C@@H]3O)[C@@H]2O)[C@@H](CO)O[C@@H]1O. The van der Waals surface area contributed by atoms with Crippen LogP contribution in [0.25, 0.3) is 0 Å². The van der Waals surface area contributed by atoms with Crippen molar-refractivity contribution in [2.45, 2.75) is 167 Å². The van der Waals surface area contributed by atoms with Gasteiger partial charge in [0.15, 0.2) is 31.5 Å². The highest BCUT2D eigenvalue weighted by molar-refractivity contribution is 5.73. The Morgan fingerprint density at radius 3 is 1.44 bits per heavy atom. The maximum atomic E-state index is 12.0. The van der Waals surface area contributed by atoms with Gasteiger partial charge in [-0.1, -0.05) is 0 Å². The average molecular weight is 911 g/mol. The first-order valence-corrected chi connectivity index (χ1v) is 19.6. The van der Waals surface area contributed by atoms with Crippen LogP contribution in [-0.4, -0.2) is 275 Å². The third-order valence-electron chi connectivity index (χ3n) is 11.1. The quantitative estimate of drug-likeness (QED) is 0.0725. The molecule has 0 aromatic rings. The Morgan fingerprint density at radius 2 is 0.871 bits per heavy atom. The molecule has 5 saturated heterocycles. The van der Waals surface area contributed by atoms with Crippen molar-refractivity contribution in [3.8, 4) is 0 Å². The van der Waals surface area contributed by atoms with E-state index in [4.69, 9.17) is 42.6 Å². The largest absolute Gasteiger partial charge is 0.394 e. The molecule has 0 radical (unpaired) electrons. The summed E-state index contributed by atoms with van der Waals surface area (Å²) in [6.07, 6.45) is -42.7. The molecule has 0 spiro atoms. The first-order valence-electron chi connectivity index (χ1n) is 19.6. The maximum absolute atomic E-state index is 12.0. The number of ether oxygens (including phenoxy) is 9. The Kier molecular flexibility index (Phi) is 18.1. The van der Waals surface area contributed by atoms with Gasteiger partial charge in [-0.15, -0.1) is 0 Å². The van der Waals surface area contributed by atoms with Gasteiger partial charge in [0, 0.05) is 13.8 Å². The highest BCUT2D eigenvalue weighted by Crippen LogP contribution is 2.35. The number of hydrogen-bond donors (Lipinski definition) is 17. The van der Waals surface area contributed by atoms with E-state index in [2.05, 4.69) is 10.6 Å². The molecule has 0 aromatic carbocycles. The fourth-order valence-corrected chi connectivity index (χ4v) is 7.71. The summed E-state index contributed by atoms with van der Waals surface area (Å²) in [5.41, 5.74) is 0. The molecular formula is C34H58N2O26. The van der Waals surface area contributed by atoms with Gasteiger partial charge < -0.3 is 130 Å². The lowest BCUT2D eigenvalue weighted by atomic mass is 9.95. The minimum absolute atomic E-state index is 0.726. The molecule has 5 rings (SSSR count). The molecular weight excluding hydrogens is 852 g/mol. The van der Waals surface area contributed by atoms with Crippen LogP contribution < -0.4 is 10.6 Å². The molecule has 5 heterocycles. The van der Waals surface area contributed by atoms with Crippen molar-refractivity contribution < 1.29 is 129 Å². The van der Waals surface area contributed by atoms with E-state index < -0.39 is 198 Å². The summed E-state index contributed by atoms with van der Waals surface area (Å²) in [7, 11) is 0. The van der Waals surface area contributed by atoms with Gasteiger partial charge in [-0.05, 0) is 0 Å². The number of amides is 2. The lowest BCUT2D eigenvalue weighted by Crippen LogP contribution is -2.68. The van der Waals surface area contributed by atoms with Crippen LogP contribution in [0.3, 0.4) is 0 Å². The van der Waals surface area contributed by atoms with Crippen LogP contribution in [0.2, 0.25) is 0 Å². The zero-order valence-electron chi connectivity index (χ0n) is 33.2. The molecule has 5 fully saturated rings. The second-order valence-electron chi connectivity index (χ2n) is 15.5. The fourth-order valence-electron chi connectivity index (χ4n) is 7.71. The number of rotatable bonds is 15. The lowest BCUT2D eigenvalue weighted by Gasteiger charge is -2.49. The zero-order valence-corrected chi connectivity index (χ0v) is 33.2. The van der Waals surface area contributed by atoms with Crippen LogP contribution in [0.15, 0.2) is 0 Å². The van der Waals surface area contributed by atoms with Crippen molar-refractivity contribution in [1.29, 1.82) is 0 Å². The Bertz CT molecular complexity index is 1440. The third-order valence-corrected chi connectivity index (χ3v) is 11.1. The van der Waals surface area contributed by atoms with Gasteiger partial charge >= 0.3 is 0 Å². The van der Waals surface area contributed by atoms with Crippen LogP contribution >= 0.6 is 0 Å². The van der Waals surface area contributed by atoms with Crippen LogP contribution in [0.5, 0.6) is 0 Å². The Labute approximate surface area is 351 Å². The Hall–Kier alpha value is -2.02. The molecule has 0 saturated carbocycles. The molecule has 0 bridgehead atoms. The predicted octanol–water partition coefficient (Wildman–Crippen LogP) is -11.6. The number of carbonyl (C=O) groups is 2. The van der Waals surface area contributed by atoms with Gasteiger partial charge in [0.2, 0.25) is 11.8 Å². The number of aliphatic hydroxyl groups excluding tert-OH is 15. The van der Waals surface area contributed by atoms with Crippen molar-refractivity contribution in [2.24, 2.45) is 0 Å². The van der Waals surface area contributed by atoms with Crippen LogP contribution in [-0.2, 0) is 52.2 Å². The molecule has 17 N–H and O–H groups in total. The molecule has 28 heteroatoms. The van der Waals surface area contributed by atoms with Crippen molar-refractivity contribution in [1.82, 2.24) is 10.6 Å². The van der Waals surface area contributed by atoms with Crippen molar-refractivity contribution in [2.75, 3.05) is 33.0 Å². The monoisotopic (exact) mass is 910 g/mol. The van der Waals surface area contributed by atoms with E-state index in [1.54, 1.807) is 0 Å². The van der Waals surface area contributed by atoms with Gasteiger partial charge in [0.05, 0.1) is 33.0 Å². The van der Waals surface area contributed by atoms with Crippen LogP contribution in [0.1, 0.15) is 13.8 Å². The summed E-state index contributed by atoms with van der Waals surface area (Å²) in [4.78, 5) is 23.9. The van der Waals surface area contributed by atoms with E-state index in [-0.39, 0.29) is 0 Å². The van der Waals surface area contributed by atoms with E-state index in [0.29, 0.717) is 0 Å². The Balaban J connectivity index is 1.44. The molecule has 0 aliphatic carbocycles. The summed E-state index contributed by atoms with van der Waals surface area (Å²) in [5, 5.41) is 163. The molecule has 0 aromatic heterocycles. The van der Waals surface area contributed by atoms with E-state index in [1.807, 2.05) is 0 Å². The molecule has 25 atom stereocenters. The molecule has 2 amide bonds. The number of carbonyl (C=O) groups excluding carboxylic acids is 2. The summed E-state index contributed by atoms with van der Waals surface area (Å²) in [5.74, 6) is -1.46.